The number of para-hydroxylation sites is 1. The van der Waals surface area contributed by atoms with Gasteiger partial charge in [0.15, 0.2) is 9.84 Å². The van der Waals surface area contributed by atoms with Crippen LogP contribution in [0, 0.1) is 0 Å². The predicted octanol–water partition coefficient (Wildman–Crippen LogP) is 4.38. The molecule has 1 atom stereocenters. The lowest BCUT2D eigenvalue weighted by atomic mass is 10.1. The average molecular weight is 323 g/mol. The molecule has 0 N–H and O–H groups in total. The number of sulfone groups is 1. The lowest BCUT2D eigenvalue weighted by molar-refractivity contribution is 0.473. The number of benzene rings is 2. The molecule has 110 valence electrons. The van der Waals surface area contributed by atoms with E-state index in [0.29, 0.717) is 29.4 Å². The molecule has 2 aromatic rings. The Labute approximate surface area is 129 Å². The van der Waals surface area contributed by atoms with Gasteiger partial charge in [-0.05, 0) is 43.2 Å². The quantitative estimate of drug-likeness (QED) is 0.842. The molecule has 21 heavy (non-hydrogen) atoms. The fourth-order valence-electron chi connectivity index (χ4n) is 2.61. The maximum absolute atomic E-state index is 12.1. The van der Waals surface area contributed by atoms with E-state index in [1.807, 2.05) is 18.2 Å². The molecule has 3 nitrogen and oxygen atoms in total. The molecule has 1 aliphatic heterocycles. The first-order chi connectivity index (χ1) is 10.1. The van der Waals surface area contributed by atoms with E-state index >= 15 is 0 Å². The average Bonchev–Trinajstić information content (AvgIpc) is 2.81. The third-order valence-corrected chi connectivity index (χ3v) is 6.10. The normalized spacial score (nSPS) is 20.3. The Hall–Kier alpha value is -1.52. The SMILES string of the molecule is O=S1(=O)CCCC1c1ccccc1Oc1ccc(Cl)cc1. The molecule has 1 aliphatic rings. The third kappa shape index (κ3) is 3.06. The summed E-state index contributed by atoms with van der Waals surface area (Å²) in [5.41, 5.74) is 0.741. The highest BCUT2D eigenvalue weighted by Gasteiger charge is 2.34. The maximum atomic E-state index is 12.1. The van der Waals surface area contributed by atoms with Crippen LogP contribution in [-0.2, 0) is 9.84 Å². The number of rotatable bonds is 3. The van der Waals surface area contributed by atoms with Gasteiger partial charge in [-0.1, -0.05) is 29.8 Å². The van der Waals surface area contributed by atoms with Crippen molar-refractivity contribution in [2.75, 3.05) is 5.75 Å². The molecule has 0 saturated carbocycles. The number of ether oxygens (including phenoxy) is 1. The molecule has 1 saturated heterocycles. The Morgan fingerprint density at radius 1 is 1.05 bits per heavy atom. The second-order valence-electron chi connectivity index (χ2n) is 5.09. The molecule has 1 heterocycles. The maximum Gasteiger partial charge on any atom is 0.157 e. The molecule has 2 aromatic carbocycles. The van der Waals surface area contributed by atoms with Crippen molar-refractivity contribution in [1.82, 2.24) is 0 Å². The van der Waals surface area contributed by atoms with Crippen molar-refractivity contribution < 1.29 is 13.2 Å². The van der Waals surface area contributed by atoms with E-state index in [2.05, 4.69) is 0 Å². The van der Waals surface area contributed by atoms with Gasteiger partial charge in [-0.25, -0.2) is 8.42 Å². The lowest BCUT2D eigenvalue weighted by Gasteiger charge is -2.15. The van der Waals surface area contributed by atoms with E-state index in [1.165, 1.54) is 0 Å². The highest BCUT2D eigenvalue weighted by molar-refractivity contribution is 7.91. The second kappa shape index (κ2) is 5.70. The minimum absolute atomic E-state index is 0.257. The predicted molar refractivity (Wildman–Crippen MR) is 83.7 cm³/mol. The van der Waals surface area contributed by atoms with Gasteiger partial charge in [0.1, 0.15) is 11.5 Å². The first-order valence-corrected chi connectivity index (χ1v) is 8.89. The zero-order valence-corrected chi connectivity index (χ0v) is 12.9. The van der Waals surface area contributed by atoms with Crippen molar-refractivity contribution >= 4 is 21.4 Å². The smallest absolute Gasteiger partial charge is 0.157 e. The highest BCUT2D eigenvalue weighted by atomic mass is 35.5. The van der Waals surface area contributed by atoms with Crippen molar-refractivity contribution in [3.63, 3.8) is 0 Å². The van der Waals surface area contributed by atoms with Crippen molar-refractivity contribution in [2.24, 2.45) is 0 Å². The Kier molecular flexibility index (Phi) is 3.91. The van der Waals surface area contributed by atoms with Gasteiger partial charge in [0.25, 0.3) is 0 Å². The molecular weight excluding hydrogens is 308 g/mol. The van der Waals surface area contributed by atoms with E-state index in [1.54, 1.807) is 30.3 Å². The summed E-state index contributed by atoms with van der Waals surface area (Å²) >= 11 is 5.85. The molecule has 0 bridgehead atoms. The highest BCUT2D eigenvalue weighted by Crippen LogP contribution is 2.40. The van der Waals surface area contributed by atoms with E-state index < -0.39 is 15.1 Å². The van der Waals surface area contributed by atoms with Crippen LogP contribution in [0.5, 0.6) is 11.5 Å². The molecule has 0 aromatic heterocycles. The van der Waals surface area contributed by atoms with Crippen molar-refractivity contribution in [1.29, 1.82) is 0 Å². The van der Waals surface area contributed by atoms with Crippen LogP contribution in [0.2, 0.25) is 5.02 Å². The zero-order chi connectivity index (χ0) is 14.9. The van der Waals surface area contributed by atoms with Crippen molar-refractivity contribution in [3.8, 4) is 11.5 Å². The third-order valence-electron chi connectivity index (χ3n) is 3.64. The van der Waals surface area contributed by atoms with E-state index in [9.17, 15) is 8.42 Å². The molecule has 1 unspecified atom stereocenters. The summed E-state index contributed by atoms with van der Waals surface area (Å²) in [5, 5.41) is 0.176. The van der Waals surface area contributed by atoms with E-state index in [-0.39, 0.29) is 5.75 Å². The summed E-state index contributed by atoms with van der Waals surface area (Å²) < 4.78 is 30.1. The largest absolute Gasteiger partial charge is 0.457 e. The molecule has 3 rings (SSSR count). The van der Waals surface area contributed by atoms with Crippen LogP contribution in [0.15, 0.2) is 48.5 Å². The van der Waals surface area contributed by atoms with Gasteiger partial charge in [-0.3, -0.25) is 0 Å². The number of halogens is 1. The van der Waals surface area contributed by atoms with Crippen LogP contribution >= 0.6 is 11.6 Å². The molecule has 0 aliphatic carbocycles. The standard InChI is InChI=1S/C16H15ClO3S/c17-12-7-9-13(10-8-12)20-15-5-2-1-4-14(15)16-6-3-11-21(16,18)19/h1-2,4-5,7-10,16H,3,6,11H2. The molecular formula is C16H15ClO3S. The summed E-state index contributed by atoms with van der Waals surface area (Å²) in [6.45, 7) is 0. The van der Waals surface area contributed by atoms with E-state index in [0.717, 1.165) is 5.56 Å². The van der Waals surface area contributed by atoms with Crippen LogP contribution in [-0.4, -0.2) is 14.2 Å². The molecule has 1 fully saturated rings. The van der Waals surface area contributed by atoms with Crippen LogP contribution in [0.4, 0.5) is 0 Å². The lowest BCUT2D eigenvalue weighted by Crippen LogP contribution is -2.09. The second-order valence-corrected chi connectivity index (χ2v) is 7.83. The zero-order valence-electron chi connectivity index (χ0n) is 11.3. The van der Waals surface area contributed by atoms with Gasteiger partial charge in [0.05, 0.1) is 11.0 Å². The van der Waals surface area contributed by atoms with Gasteiger partial charge in [-0.2, -0.15) is 0 Å². The van der Waals surface area contributed by atoms with Crippen LogP contribution in [0.1, 0.15) is 23.7 Å². The molecule has 0 radical (unpaired) electrons. The van der Waals surface area contributed by atoms with Gasteiger partial charge >= 0.3 is 0 Å². The fraction of sp³-hybridized carbons (Fsp3) is 0.250. The van der Waals surface area contributed by atoms with Crippen LogP contribution in [0.3, 0.4) is 0 Å². The molecule has 0 spiro atoms. The Balaban J connectivity index is 1.95. The topological polar surface area (TPSA) is 43.4 Å². The monoisotopic (exact) mass is 322 g/mol. The van der Waals surface area contributed by atoms with Crippen molar-refractivity contribution in [2.45, 2.75) is 18.1 Å². The Morgan fingerprint density at radius 2 is 1.76 bits per heavy atom. The first kappa shape index (κ1) is 14.4. The van der Waals surface area contributed by atoms with Gasteiger partial charge in [-0.15, -0.1) is 0 Å². The fourth-order valence-corrected chi connectivity index (χ4v) is 4.70. The summed E-state index contributed by atoms with van der Waals surface area (Å²) in [6, 6.07) is 14.3. The van der Waals surface area contributed by atoms with Crippen LogP contribution < -0.4 is 4.74 Å². The summed E-state index contributed by atoms with van der Waals surface area (Å²) in [4.78, 5) is 0. The summed E-state index contributed by atoms with van der Waals surface area (Å²) in [6.07, 6.45) is 1.37. The number of hydrogen-bond acceptors (Lipinski definition) is 3. The van der Waals surface area contributed by atoms with E-state index in [4.69, 9.17) is 16.3 Å². The van der Waals surface area contributed by atoms with Gasteiger partial charge in [0, 0.05) is 10.6 Å². The molecule has 5 heteroatoms. The minimum atomic E-state index is -3.06. The molecule has 0 amide bonds. The van der Waals surface area contributed by atoms with Crippen LogP contribution in [0.25, 0.3) is 0 Å². The Bertz CT molecular complexity index is 738. The Morgan fingerprint density at radius 3 is 2.43 bits per heavy atom. The number of hydrogen-bond donors (Lipinski definition) is 0. The first-order valence-electron chi connectivity index (χ1n) is 6.80. The van der Waals surface area contributed by atoms with Crippen molar-refractivity contribution in [3.05, 3.63) is 59.1 Å². The summed E-state index contributed by atoms with van der Waals surface area (Å²) in [5.74, 6) is 1.49. The summed E-state index contributed by atoms with van der Waals surface area (Å²) in [7, 11) is -3.06. The van der Waals surface area contributed by atoms with Gasteiger partial charge < -0.3 is 4.74 Å². The minimum Gasteiger partial charge on any atom is -0.457 e. The van der Waals surface area contributed by atoms with Gasteiger partial charge in [0.2, 0.25) is 0 Å².